The molecule has 0 N–H and O–H groups in total. The fourth-order valence-corrected chi connectivity index (χ4v) is 3.93. The maximum atomic E-state index is 12.6. The highest BCUT2D eigenvalue weighted by molar-refractivity contribution is 5.70. The zero-order chi connectivity index (χ0) is 25.4. The van der Waals surface area contributed by atoms with Crippen LogP contribution in [0.3, 0.4) is 0 Å². The molecule has 9 heteroatoms. The number of alkyl halides is 3. The molecule has 0 spiro atoms. The number of aromatic nitrogens is 1. The number of rotatable bonds is 8. The van der Waals surface area contributed by atoms with Gasteiger partial charge in [0, 0.05) is 38.4 Å². The minimum absolute atomic E-state index is 0.0330. The second-order valence-electron chi connectivity index (χ2n) is 8.60. The van der Waals surface area contributed by atoms with E-state index >= 15 is 0 Å². The van der Waals surface area contributed by atoms with Gasteiger partial charge < -0.3 is 14.4 Å². The molecule has 6 nitrogen and oxygen atoms in total. The van der Waals surface area contributed by atoms with Gasteiger partial charge in [0.1, 0.15) is 11.5 Å². The van der Waals surface area contributed by atoms with Gasteiger partial charge in [-0.3, -0.25) is 4.90 Å². The molecule has 1 aliphatic heterocycles. The number of carbonyl (C=O) groups excluding carboxylic acids is 1. The normalized spacial score (nSPS) is 14.5. The summed E-state index contributed by atoms with van der Waals surface area (Å²) in [4.78, 5) is 20.3. The second-order valence-corrected chi connectivity index (χ2v) is 8.60. The van der Waals surface area contributed by atoms with Gasteiger partial charge in [0.2, 0.25) is 5.88 Å². The number of carbonyl (C=O) groups is 1. The first-order valence-corrected chi connectivity index (χ1v) is 11.9. The summed E-state index contributed by atoms with van der Waals surface area (Å²) in [5, 5.41) is 0. The molecule has 1 saturated heterocycles. The molecule has 0 radical (unpaired) electrons. The zero-order valence-corrected chi connectivity index (χ0v) is 19.8. The van der Waals surface area contributed by atoms with Crippen molar-refractivity contribution in [1.82, 2.24) is 14.8 Å². The van der Waals surface area contributed by atoms with Gasteiger partial charge in [-0.25, -0.2) is 9.78 Å². The minimum Gasteiger partial charge on any atom is -0.439 e. The van der Waals surface area contributed by atoms with Crippen LogP contribution < -0.4 is 9.47 Å². The van der Waals surface area contributed by atoms with Gasteiger partial charge in [0.15, 0.2) is 0 Å². The Bertz CT molecular complexity index is 1100. The predicted octanol–water partition coefficient (Wildman–Crippen LogP) is 6.03. The van der Waals surface area contributed by atoms with E-state index in [-0.39, 0.29) is 5.88 Å². The summed E-state index contributed by atoms with van der Waals surface area (Å²) in [6.45, 7) is 3.86. The van der Waals surface area contributed by atoms with Crippen LogP contribution >= 0.6 is 0 Å². The van der Waals surface area contributed by atoms with E-state index in [1.54, 1.807) is 29.2 Å². The first kappa shape index (κ1) is 25.5. The van der Waals surface area contributed by atoms with Crippen LogP contribution in [0, 0.1) is 0 Å². The third kappa shape index (κ3) is 7.45. The number of amides is 1. The van der Waals surface area contributed by atoms with Gasteiger partial charge in [-0.15, -0.1) is 0 Å². The molecule has 1 aromatic heterocycles. The van der Waals surface area contributed by atoms with Crippen molar-refractivity contribution in [3.63, 3.8) is 0 Å². The number of benzene rings is 2. The summed E-state index contributed by atoms with van der Waals surface area (Å²) < 4.78 is 48.8. The van der Waals surface area contributed by atoms with Crippen molar-refractivity contribution in [2.24, 2.45) is 0 Å². The van der Waals surface area contributed by atoms with E-state index in [0.29, 0.717) is 24.6 Å². The number of halogens is 3. The van der Waals surface area contributed by atoms with Crippen LogP contribution in [0.25, 0.3) is 0 Å². The fourth-order valence-electron chi connectivity index (χ4n) is 3.93. The van der Waals surface area contributed by atoms with E-state index < -0.39 is 17.8 Å². The van der Waals surface area contributed by atoms with Crippen molar-refractivity contribution >= 4 is 6.09 Å². The van der Waals surface area contributed by atoms with Crippen LogP contribution in [-0.4, -0.2) is 53.6 Å². The van der Waals surface area contributed by atoms with E-state index in [2.05, 4.69) is 34.1 Å². The number of aryl methyl sites for hydroxylation is 1. The van der Waals surface area contributed by atoms with E-state index in [0.717, 1.165) is 57.2 Å². The van der Waals surface area contributed by atoms with Gasteiger partial charge in [-0.05, 0) is 61.7 Å². The predicted molar refractivity (Wildman–Crippen MR) is 129 cm³/mol. The molecule has 0 aliphatic carbocycles. The van der Waals surface area contributed by atoms with Crippen molar-refractivity contribution in [3.05, 3.63) is 84.1 Å². The summed E-state index contributed by atoms with van der Waals surface area (Å²) in [5.74, 6) is 0.754. The molecule has 3 aromatic rings. The molecular formula is C27H28F3N3O3. The van der Waals surface area contributed by atoms with Gasteiger partial charge in [0.05, 0.1) is 5.56 Å². The zero-order valence-electron chi connectivity index (χ0n) is 19.8. The first-order chi connectivity index (χ1) is 17.4. The number of hydrogen-bond donors (Lipinski definition) is 0. The maximum Gasteiger partial charge on any atom is 0.417 e. The summed E-state index contributed by atoms with van der Waals surface area (Å²) in [6.07, 6.45) is -0.798. The first-order valence-electron chi connectivity index (χ1n) is 11.9. The van der Waals surface area contributed by atoms with E-state index in [1.165, 1.54) is 5.56 Å². The highest BCUT2D eigenvalue weighted by Crippen LogP contribution is 2.30. The molecule has 4 rings (SSSR count). The van der Waals surface area contributed by atoms with Crippen molar-refractivity contribution < 1.29 is 27.4 Å². The van der Waals surface area contributed by atoms with Crippen molar-refractivity contribution in [2.75, 3.05) is 32.7 Å². The summed E-state index contributed by atoms with van der Waals surface area (Å²) in [6, 6.07) is 18.8. The Morgan fingerprint density at radius 3 is 2.19 bits per heavy atom. The van der Waals surface area contributed by atoms with Crippen molar-refractivity contribution in [2.45, 2.75) is 25.4 Å². The molecule has 36 heavy (non-hydrogen) atoms. The fraction of sp³-hybridized carbons (Fsp3) is 0.333. The lowest BCUT2D eigenvalue weighted by atomic mass is 10.1. The van der Waals surface area contributed by atoms with Crippen LogP contribution in [0.2, 0.25) is 0 Å². The van der Waals surface area contributed by atoms with Gasteiger partial charge in [-0.2, -0.15) is 13.2 Å². The van der Waals surface area contributed by atoms with Crippen LogP contribution in [0.15, 0.2) is 72.9 Å². The van der Waals surface area contributed by atoms with Gasteiger partial charge in [0.25, 0.3) is 0 Å². The average Bonchev–Trinajstić information content (AvgIpc) is 2.88. The Morgan fingerprint density at radius 1 is 0.861 bits per heavy atom. The SMILES string of the molecule is O=C(Oc1ccc(Oc2ccc(C(F)(F)F)cn2)cc1)N1CCN(CCCCc2ccccc2)CC1. The number of ether oxygens (including phenoxy) is 2. The average molecular weight is 500 g/mol. The molecule has 1 aliphatic rings. The molecule has 0 bridgehead atoms. The Morgan fingerprint density at radius 2 is 1.56 bits per heavy atom. The lowest BCUT2D eigenvalue weighted by molar-refractivity contribution is -0.137. The van der Waals surface area contributed by atoms with E-state index in [9.17, 15) is 18.0 Å². The Balaban J connectivity index is 1.17. The summed E-state index contributed by atoms with van der Waals surface area (Å²) in [5.41, 5.74) is 0.516. The molecule has 2 heterocycles. The number of piperazine rings is 1. The lowest BCUT2D eigenvalue weighted by Crippen LogP contribution is -2.49. The quantitative estimate of drug-likeness (QED) is 0.354. The topological polar surface area (TPSA) is 54.9 Å². The largest absolute Gasteiger partial charge is 0.439 e. The molecule has 190 valence electrons. The molecule has 0 atom stereocenters. The van der Waals surface area contributed by atoms with Crippen LogP contribution in [0.1, 0.15) is 24.0 Å². The van der Waals surface area contributed by atoms with Crippen molar-refractivity contribution in [3.8, 4) is 17.4 Å². The number of pyridine rings is 1. The maximum absolute atomic E-state index is 12.6. The standard InChI is InChI=1S/C27H28F3N3O3/c28-27(29,30)22-9-14-25(31-20-22)35-23-10-12-24(13-11-23)36-26(34)33-18-16-32(17-19-33)15-5-4-8-21-6-2-1-3-7-21/h1-3,6-7,9-14,20H,4-5,8,15-19H2. The third-order valence-corrected chi connectivity index (χ3v) is 5.98. The second kappa shape index (κ2) is 11.9. The number of nitrogens with zero attached hydrogens (tertiary/aromatic N) is 3. The lowest BCUT2D eigenvalue weighted by Gasteiger charge is -2.34. The van der Waals surface area contributed by atoms with E-state index in [4.69, 9.17) is 9.47 Å². The molecule has 2 aromatic carbocycles. The van der Waals surface area contributed by atoms with Gasteiger partial charge in [-0.1, -0.05) is 30.3 Å². The Labute approximate surface area is 208 Å². The summed E-state index contributed by atoms with van der Waals surface area (Å²) in [7, 11) is 0. The monoisotopic (exact) mass is 499 g/mol. The van der Waals surface area contributed by atoms with Crippen LogP contribution in [0.5, 0.6) is 17.4 Å². The summed E-state index contributed by atoms with van der Waals surface area (Å²) >= 11 is 0. The highest BCUT2D eigenvalue weighted by Gasteiger charge is 2.30. The smallest absolute Gasteiger partial charge is 0.417 e. The van der Waals surface area contributed by atoms with Gasteiger partial charge >= 0.3 is 12.3 Å². The molecule has 1 fully saturated rings. The number of unbranched alkanes of at least 4 members (excludes halogenated alkanes) is 1. The highest BCUT2D eigenvalue weighted by atomic mass is 19.4. The Hall–Kier alpha value is -3.59. The molecule has 0 unspecified atom stereocenters. The molecule has 0 saturated carbocycles. The van der Waals surface area contributed by atoms with Crippen LogP contribution in [-0.2, 0) is 12.6 Å². The molecule has 1 amide bonds. The third-order valence-electron chi connectivity index (χ3n) is 5.98. The van der Waals surface area contributed by atoms with Crippen molar-refractivity contribution in [1.29, 1.82) is 0 Å². The molecular weight excluding hydrogens is 471 g/mol. The number of hydrogen-bond acceptors (Lipinski definition) is 5. The van der Waals surface area contributed by atoms with E-state index in [1.807, 2.05) is 6.07 Å². The minimum atomic E-state index is -4.45. The van der Waals surface area contributed by atoms with Crippen LogP contribution in [0.4, 0.5) is 18.0 Å². The Kier molecular flexibility index (Phi) is 8.43.